The minimum Gasteiger partial charge on any atom is -0.465 e. The van der Waals surface area contributed by atoms with Crippen LogP contribution in [0.2, 0.25) is 0 Å². The van der Waals surface area contributed by atoms with E-state index < -0.39 is 0 Å². The van der Waals surface area contributed by atoms with Crippen LogP contribution in [0.25, 0.3) is 0 Å². The number of aromatic nitrogens is 1. The van der Waals surface area contributed by atoms with Gasteiger partial charge in [0.15, 0.2) is 0 Å². The summed E-state index contributed by atoms with van der Waals surface area (Å²) in [5.41, 5.74) is 2.80. The highest BCUT2D eigenvalue weighted by molar-refractivity contribution is 5.89. The molecule has 0 saturated carbocycles. The van der Waals surface area contributed by atoms with E-state index in [1.54, 1.807) is 12.4 Å². The van der Waals surface area contributed by atoms with E-state index in [0.29, 0.717) is 24.4 Å². The van der Waals surface area contributed by atoms with Crippen molar-refractivity contribution in [2.24, 2.45) is 5.92 Å². The smallest absolute Gasteiger partial charge is 0.337 e. The van der Waals surface area contributed by atoms with E-state index in [1.807, 2.05) is 36.4 Å². The summed E-state index contributed by atoms with van der Waals surface area (Å²) in [6.45, 7) is 3.51. The van der Waals surface area contributed by atoms with Gasteiger partial charge in [-0.05, 0) is 67.6 Å². The van der Waals surface area contributed by atoms with Crippen LogP contribution in [0.1, 0.15) is 47.2 Å². The molecule has 3 rings (SSSR count). The zero-order valence-corrected chi connectivity index (χ0v) is 17.0. The predicted molar refractivity (Wildman–Crippen MR) is 111 cm³/mol. The summed E-state index contributed by atoms with van der Waals surface area (Å²) in [6.07, 6.45) is 7.28. The molecule has 0 unspecified atom stereocenters. The molecular formula is C23H29N3O3. The van der Waals surface area contributed by atoms with E-state index in [2.05, 4.69) is 15.2 Å². The van der Waals surface area contributed by atoms with Crippen LogP contribution in [-0.4, -0.2) is 42.0 Å². The van der Waals surface area contributed by atoms with Gasteiger partial charge in [-0.15, -0.1) is 0 Å². The van der Waals surface area contributed by atoms with Crippen molar-refractivity contribution in [2.75, 3.05) is 20.2 Å². The molecule has 6 heteroatoms. The largest absolute Gasteiger partial charge is 0.465 e. The number of ether oxygens (including phenoxy) is 1. The Labute approximate surface area is 172 Å². The number of pyridine rings is 1. The van der Waals surface area contributed by atoms with Crippen molar-refractivity contribution in [3.63, 3.8) is 0 Å². The lowest BCUT2D eigenvalue weighted by molar-refractivity contribution is -0.121. The van der Waals surface area contributed by atoms with Crippen LogP contribution in [0.5, 0.6) is 0 Å². The number of hydrogen-bond donors (Lipinski definition) is 1. The van der Waals surface area contributed by atoms with Gasteiger partial charge in [0.1, 0.15) is 0 Å². The average Bonchev–Trinajstić information content (AvgIpc) is 2.78. The molecule has 0 atom stereocenters. The van der Waals surface area contributed by atoms with Gasteiger partial charge in [0.2, 0.25) is 5.91 Å². The van der Waals surface area contributed by atoms with E-state index in [-0.39, 0.29) is 11.9 Å². The first-order valence-corrected chi connectivity index (χ1v) is 10.2. The second-order valence-electron chi connectivity index (χ2n) is 7.58. The molecule has 1 amide bonds. The lowest BCUT2D eigenvalue weighted by Crippen LogP contribution is -2.33. The van der Waals surface area contributed by atoms with E-state index in [4.69, 9.17) is 4.74 Å². The first kappa shape index (κ1) is 21.0. The number of likely N-dealkylation sites (tertiary alicyclic amines) is 1. The molecule has 0 aliphatic carbocycles. The molecule has 1 aliphatic rings. The van der Waals surface area contributed by atoms with Crippen LogP contribution in [0.3, 0.4) is 0 Å². The van der Waals surface area contributed by atoms with E-state index in [9.17, 15) is 9.59 Å². The van der Waals surface area contributed by atoms with Crippen molar-refractivity contribution in [3.8, 4) is 0 Å². The van der Waals surface area contributed by atoms with Crippen molar-refractivity contribution >= 4 is 11.9 Å². The van der Waals surface area contributed by atoms with Gasteiger partial charge in [-0.1, -0.05) is 18.2 Å². The second kappa shape index (κ2) is 10.7. The van der Waals surface area contributed by atoms with E-state index in [0.717, 1.165) is 44.5 Å². The molecule has 2 heterocycles. The molecule has 1 aromatic carbocycles. The molecule has 154 valence electrons. The summed E-state index contributed by atoms with van der Waals surface area (Å²) in [4.78, 5) is 30.1. The summed E-state index contributed by atoms with van der Waals surface area (Å²) in [6, 6.07) is 11.5. The van der Waals surface area contributed by atoms with Crippen LogP contribution in [0.15, 0.2) is 48.8 Å². The number of benzene rings is 1. The minimum absolute atomic E-state index is 0.113. The summed E-state index contributed by atoms with van der Waals surface area (Å²) in [5.74, 6) is 0.418. The summed E-state index contributed by atoms with van der Waals surface area (Å²) >= 11 is 0. The van der Waals surface area contributed by atoms with E-state index in [1.165, 1.54) is 12.7 Å². The van der Waals surface area contributed by atoms with Gasteiger partial charge in [-0.2, -0.15) is 0 Å². The number of hydrogen-bond acceptors (Lipinski definition) is 5. The van der Waals surface area contributed by atoms with Crippen molar-refractivity contribution in [2.45, 2.75) is 38.8 Å². The maximum absolute atomic E-state index is 12.1. The Morgan fingerprint density at radius 1 is 1.14 bits per heavy atom. The first-order chi connectivity index (χ1) is 14.1. The maximum Gasteiger partial charge on any atom is 0.337 e. The summed E-state index contributed by atoms with van der Waals surface area (Å²) < 4.78 is 4.73. The molecule has 1 aromatic heterocycles. The SMILES string of the molecule is COC(=O)c1ccc(CN2CCC(CCC(=O)NCc3cccnc3)CC2)cc1. The topological polar surface area (TPSA) is 71.5 Å². The van der Waals surface area contributed by atoms with Crippen molar-refractivity contribution in [1.29, 1.82) is 0 Å². The van der Waals surface area contributed by atoms with Gasteiger partial charge in [0.05, 0.1) is 12.7 Å². The number of amides is 1. The number of piperidine rings is 1. The Kier molecular flexibility index (Phi) is 7.76. The lowest BCUT2D eigenvalue weighted by atomic mass is 9.92. The zero-order valence-electron chi connectivity index (χ0n) is 17.0. The normalized spacial score (nSPS) is 15.1. The molecule has 29 heavy (non-hydrogen) atoms. The molecule has 0 radical (unpaired) electrons. The fourth-order valence-electron chi connectivity index (χ4n) is 3.68. The van der Waals surface area contributed by atoms with Crippen molar-refractivity contribution in [3.05, 3.63) is 65.5 Å². The van der Waals surface area contributed by atoms with Gasteiger partial charge in [-0.25, -0.2) is 4.79 Å². The minimum atomic E-state index is -0.304. The zero-order chi connectivity index (χ0) is 20.5. The number of esters is 1. The summed E-state index contributed by atoms with van der Waals surface area (Å²) in [5, 5.41) is 2.97. The third-order valence-corrected chi connectivity index (χ3v) is 5.48. The van der Waals surface area contributed by atoms with Gasteiger partial charge in [-0.3, -0.25) is 14.7 Å². The molecule has 0 bridgehead atoms. The molecular weight excluding hydrogens is 366 g/mol. The molecule has 1 fully saturated rings. The monoisotopic (exact) mass is 395 g/mol. The van der Waals surface area contributed by atoms with Gasteiger partial charge >= 0.3 is 5.97 Å². The molecule has 0 spiro atoms. The van der Waals surface area contributed by atoms with Gasteiger partial charge in [0.25, 0.3) is 0 Å². The average molecular weight is 396 g/mol. The Morgan fingerprint density at radius 2 is 1.90 bits per heavy atom. The highest BCUT2D eigenvalue weighted by atomic mass is 16.5. The first-order valence-electron chi connectivity index (χ1n) is 10.2. The fraction of sp³-hybridized carbons (Fsp3) is 0.435. The number of nitrogens with one attached hydrogen (secondary N) is 1. The predicted octanol–water partition coefficient (Wildman–Crippen LogP) is 3.18. The van der Waals surface area contributed by atoms with Crippen LogP contribution in [-0.2, 0) is 22.6 Å². The van der Waals surface area contributed by atoms with Crippen LogP contribution in [0, 0.1) is 5.92 Å². The third kappa shape index (κ3) is 6.68. The molecule has 1 saturated heterocycles. The number of methoxy groups -OCH3 is 1. The third-order valence-electron chi connectivity index (χ3n) is 5.48. The summed E-state index contributed by atoms with van der Waals surface area (Å²) in [7, 11) is 1.39. The van der Waals surface area contributed by atoms with Crippen LogP contribution in [0.4, 0.5) is 0 Å². The van der Waals surface area contributed by atoms with Crippen molar-refractivity contribution in [1.82, 2.24) is 15.2 Å². The Hall–Kier alpha value is -2.73. The van der Waals surface area contributed by atoms with Gasteiger partial charge in [0, 0.05) is 31.9 Å². The quantitative estimate of drug-likeness (QED) is 0.695. The van der Waals surface area contributed by atoms with Gasteiger partial charge < -0.3 is 10.1 Å². The van der Waals surface area contributed by atoms with Crippen LogP contribution < -0.4 is 5.32 Å². The Bertz CT molecular complexity index is 785. The number of carbonyl (C=O) groups is 2. The second-order valence-corrected chi connectivity index (χ2v) is 7.58. The number of rotatable bonds is 8. The molecule has 6 nitrogen and oxygen atoms in total. The molecule has 1 aliphatic heterocycles. The lowest BCUT2D eigenvalue weighted by Gasteiger charge is -2.32. The number of carbonyl (C=O) groups excluding carboxylic acids is 2. The molecule has 2 aromatic rings. The fourth-order valence-corrected chi connectivity index (χ4v) is 3.68. The highest BCUT2D eigenvalue weighted by Gasteiger charge is 2.20. The highest BCUT2D eigenvalue weighted by Crippen LogP contribution is 2.23. The number of nitrogens with zero attached hydrogens (tertiary/aromatic N) is 2. The standard InChI is InChI=1S/C23H29N3O3/c1-29-23(28)21-7-4-19(5-8-21)17-26-13-10-18(11-14-26)6-9-22(27)25-16-20-3-2-12-24-15-20/h2-5,7-8,12,15,18H,6,9-11,13-14,16-17H2,1H3,(H,25,27). The molecule has 1 N–H and O–H groups in total. The van der Waals surface area contributed by atoms with Crippen LogP contribution >= 0.6 is 0 Å². The van der Waals surface area contributed by atoms with Crippen molar-refractivity contribution < 1.29 is 14.3 Å². The Morgan fingerprint density at radius 3 is 2.55 bits per heavy atom. The van der Waals surface area contributed by atoms with E-state index >= 15 is 0 Å². The maximum atomic E-state index is 12.1. The Balaban J connectivity index is 1.34.